The summed E-state index contributed by atoms with van der Waals surface area (Å²) in [5.74, 6) is 0.554. The zero-order chi connectivity index (χ0) is 16.1. The van der Waals surface area contributed by atoms with Gasteiger partial charge in [0.2, 0.25) is 0 Å². The number of anilines is 1. The first kappa shape index (κ1) is 16.3. The minimum absolute atomic E-state index is 0.0155. The third-order valence-electron chi connectivity index (χ3n) is 4.20. The zero-order valence-electron chi connectivity index (χ0n) is 13.6. The molecular formula is C17H24N4O. The van der Waals surface area contributed by atoms with Crippen LogP contribution in [0.1, 0.15) is 18.9 Å². The fourth-order valence-corrected chi connectivity index (χ4v) is 2.99. The Bertz CT molecular complexity index is 549. The smallest absolute Gasteiger partial charge is 0.324 e. The molecule has 1 saturated heterocycles. The SMILES string of the molecule is CCN(C(=O)N(C)C[C@H]1CCN(C)C1)c1ccc(C#N)cc1. The molecule has 1 atom stereocenters. The molecule has 0 aromatic heterocycles. The molecule has 0 saturated carbocycles. The van der Waals surface area contributed by atoms with E-state index >= 15 is 0 Å². The van der Waals surface area contributed by atoms with E-state index < -0.39 is 0 Å². The number of benzene rings is 1. The third-order valence-corrected chi connectivity index (χ3v) is 4.20. The van der Waals surface area contributed by atoms with Crippen LogP contribution in [0.15, 0.2) is 24.3 Å². The summed E-state index contributed by atoms with van der Waals surface area (Å²) in [7, 11) is 3.99. The molecular weight excluding hydrogens is 276 g/mol. The summed E-state index contributed by atoms with van der Waals surface area (Å²) in [6, 6.07) is 9.27. The van der Waals surface area contributed by atoms with Gasteiger partial charge in [-0.05, 0) is 57.1 Å². The molecule has 0 N–H and O–H groups in total. The fraction of sp³-hybridized carbons (Fsp3) is 0.529. The van der Waals surface area contributed by atoms with E-state index in [0.717, 1.165) is 31.7 Å². The summed E-state index contributed by atoms with van der Waals surface area (Å²) in [5, 5.41) is 8.86. The highest BCUT2D eigenvalue weighted by atomic mass is 16.2. The van der Waals surface area contributed by atoms with E-state index in [-0.39, 0.29) is 6.03 Å². The van der Waals surface area contributed by atoms with Gasteiger partial charge in [-0.3, -0.25) is 4.90 Å². The van der Waals surface area contributed by atoms with Gasteiger partial charge in [0, 0.05) is 32.4 Å². The Morgan fingerprint density at radius 2 is 2.09 bits per heavy atom. The number of carbonyl (C=O) groups excluding carboxylic acids is 1. The number of amides is 2. The number of carbonyl (C=O) groups is 1. The highest BCUT2D eigenvalue weighted by molar-refractivity contribution is 5.91. The van der Waals surface area contributed by atoms with Gasteiger partial charge < -0.3 is 9.80 Å². The van der Waals surface area contributed by atoms with Crippen LogP contribution in [0.25, 0.3) is 0 Å². The standard InChI is InChI=1S/C17H24N4O/c1-4-21(16-7-5-14(11-18)6-8-16)17(22)20(3)13-15-9-10-19(2)12-15/h5-8,15H,4,9-10,12-13H2,1-3H3/t15-/m0/s1. The van der Waals surface area contributed by atoms with Crippen LogP contribution < -0.4 is 4.90 Å². The lowest BCUT2D eigenvalue weighted by Gasteiger charge is -2.29. The third kappa shape index (κ3) is 3.77. The molecule has 2 rings (SSSR count). The molecule has 1 fully saturated rings. The first-order chi connectivity index (χ1) is 10.5. The monoisotopic (exact) mass is 300 g/mol. The van der Waals surface area contributed by atoms with Gasteiger partial charge in [0.15, 0.2) is 0 Å². The second kappa shape index (κ2) is 7.28. The lowest BCUT2D eigenvalue weighted by Crippen LogP contribution is -2.43. The Hall–Kier alpha value is -2.06. The van der Waals surface area contributed by atoms with E-state index in [2.05, 4.69) is 18.0 Å². The summed E-state index contributed by atoms with van der Waals surface area (Å²) in [6.07, 6.45) is 1.15. The molecule has 118 valence electrons. The van der Waals surface area contributed by atoms with Crippen molar-refractivity contribution >= 4 is 11.7 Å². The first-order valence-electron chi connectivity index (χ1n) is 7.76. The van der Waals surface area contributed by atoms with Crippen LogP contribution in [0.2, 0.25) is 0 Å². The quantitative estimate of drug-likeness (QED) is 0.858. The van der Waals surface area contributed by atoms with Crippen LogP contribution >= 0.6 is 0 Å². The van der Waals surface area contributed by atoms with Gasteiger partial charge in [-0.15, -0.1) is 0 Å². The number of rotatable bonds is 4. The van der Waals surface area contributed by atoms with E-state index in [0.29, 0.717) is 18.0 Å². The molecule has 1 aromatic carbocycles. The first-order valence-corrected chi connectivity index (χ1v) is 7.76. The van der Waals surface area contributed by atoms with Crippen molar-refractivity contribution in [2.75, 3.05) is 45.2 Å². The number of nitrogens with zero attached hydrogens (tertiary/aromatic N) is 4. The van der Waals surface area contributed by atoms with Gasteiger partial charge in [-0.25, -0.2) is 4.79 Å². The van der Waals surface area contributed by atoms with Crippen molar-refractivity contribution in [1.29, 1.82) is 5.26 Å². The lowest BCUT2D eigenvalue weighted by molar-refractivity contribution is 0.207. The van der Waals surface area contributed by atoms with Crippen LogP contribution in [-0.4, -0.2) is 56.1 Å². The van der Waals surface area contributed by atoms with Crippen LogP contribution in [-0.2, 0) is 0 Å². The number of likely N-dealkylation sites (tertiary alicyclic amines) is 1. The lowest BCUT2D eigenvalue weighted by atomic mass is 10.1. The van der Waals surface area contributed by atoms with Gasteiger partial charge in [-0.1, -0.05) is 0 Å². The molecule has 1 aliphatic rings. The molecule has 5 nitrogen and oxygen atoms in total. The van der Waals surface area contributed by atoms with Crippen molar-refractivity contribution in [1.82, 2.24) is 9.80 Å². The number of nitriles is 1. The average Bonchev–Trinajstić information content (AvgIpc) is 2.93. The van der Waals surface area contributed by atoms with Crippen molar-refractivity contribution in [2.45, 2.75) is 13.3 Å². The summed E-state index contributed by atoms with van der Waals surface area (Å²) >= 11 is 0. The van der Waals surface area contributed by atoms with Gasteiger partial charge >= 0.3 is 6.03 Å². The molecule has 0 radical (unpaired) electrons. The van der Waals surface area contributed by atoms with E-state index in [4.69, 9.17) is 5.26 Å². The minimum atomic E-state index is 0.0155. The number of hydrogen-bond donors (Lipinski definition) is 0. The molecule has 0 spiro atoms. The Morgan fingerprint density at radius 1 is 1.41 bits per heavy atom. The fourth-order valence-electron chi connectivity index (χ4n) is 2.99. The van der Waals surface area contributed by atoms with Gasteiger partial charge in [0.25, 0.3) is 0 Å². The van der Waals surface area contributed by atoms with Gasteiger partial charge in [-0.2, -0.15) is 5.26 Å². The predicted molar refractivity (Wildman–Crippen MR) is 87.8 cm³/mol. The highest BCUT2D eigenvalue weighted by Crippen LogP contribution is 2.19. The second-order valence-electron chi connectivity index (χ2n) is 5.98. The topological polar surface area (TPSA) is 50.6 Å². The highest BCUT2D eigenvalue weighted by Gasteiger charge is 2.25. The summed E-state index contributed by atoms with van der Waals surface area (Å²) in [6.45, 7) is 5.53. The number of urea groups is 1. The Balaban J connectivity index is 2.02. The molecule has 2 amide bonds. The average molecular weight is 300 g/mol. The minimum Gasteiger partial charge on any atom is -0.327 e. The molecule has 22 heavy (non-hydrogen) atoms. The molecule has 0 unspecified atom stereocenters. The normalized spacial score (nSPS) is 18.0. The van der Waals surface area contributed by atoms with Crippen LogP contribution in [0, 0.1) is 17.2 Å². The largest absolute Gasteiger partial charge is 0.327 e. The molecule has 0 bridgehead atoms. The maximum absolute atomic E-state index is 12.7. The van der Waals surface area contributed by atoms with Crippen molar-refractivity contribution in [3.63, 3.8) is 0 Å². The Kier molecular flexibility index (Phi) is 5.40. The van der Waals surface area contributed by atoms with Crippen molar-refractivity contribution in [3.8, 4) is 6.07 Å². The van der Waals surface area contributed by atoms with E-state index in [9.17, 15) is 4.79 Å². The summed E-state index contributed by atoms with van der Waals surface area (Å²) < 4.78 is 0. The van der Waals surface area contributed by atoms with Crippen LogP contribution in [0.4, 0.5) is 10.5 Å². The van der Waals surface area contributed by atoms with E-state index in [1.54, 1.807) is 17.0 Å². The van der Waals surface area contributed by atoms with Crippen molar-refractivity contribution in [2.24, 2.45) is 5.92 Å². The maximum atomic E-state index is 12.7. The summed E-state index contributed by atoms with van der Waals surface area (Å²) in [5.41, 5.74) is 1.44. The molecule has 1 aliphatic heterocycles. The second-order valence-corrected chi connectivity index (χ2v) is 5.98. The predicted octanol–water partition coefficient (Wildman–Crippen LogP) is 2.39. The van der Waals surface area contributed by atoms with Crippen LogP contribution in [0.5, 0.6) is 0 Å². The Labute approximate surface area is 132 Å². The van der Waals surface area contributed by atoms with E-state index in [1.807, 2.05) is 31.0 Å². The molecule has 0 aliphatic carbocycles. The number of hydrogen-bond acceptors (Lipinski definition) is 3. The van der Waals surface area contributed by atoms with E-state index in [1.165, 1.54) is 0 Å². The summed E-state index contributed by atoms with van der Waals surface area (Å²) in [4.78, 5) is 18.5. The van der Waals surface area contributed by atoms with Crippen molar-refractivity contribution in [3.05, 3.63) is 29.8 Å². The molecule has 1 aromatic rings. The van der Waals surface area contributed by atoms with Gasteiger partial charge in [0.1, 0.15) is 0 Å². The molecule has 5 heteroatoms. The molecule has 1 heterocycles. The zero-order valence-corrected chi connectivity index (χ0v) is 13.6. The van der Waals surface area contributed by atoms with Crippen LogP contribution in [0.3, 0.4) is 0 Å². The Morgan fingerprint density at radius 3 is 2.59 bits per heavy atom. The van der Waals surface area contributed by atoms with Crippen molar-refractivity contribution < 1.29 is 4.79 Å². The maximum Gasteiger partial charge on any atom is 0.324 e. The van der Waals surface area contributed by atoms with Gasteiger partial charge in [0.05, 0.1) is 11.6 Å².